The topological polar surface area (TPSA) is 146 Å². The second-order valence-electron chi connectivity index (χ2n) is 3.16. The van der Waals surface area contributed by atoms with Crippen LogP contribution >= 0.6 is 0 Å². The minimum Gasteiger partial charge on any atom is -0.353 e. The molecule has 0 unspecified atom stereocenters. The number of hydrogen-bond acceptors (Lipinski definition) is 9. The Kier molecular flexibility index (Phi) is 5.90. The first-order valence-corrected chi connectivity index (χ1v) is 5.38. The summed E-state index contributed by atoms with van der Waals surface area (Å²) in [6.07, 6.45) is 0.313. The van der Waals surface area contributed by atoms with Crippen molar-refractivity contribution in [2.75, 3.05) is 35.6 Å². The molecule has 0 atom stereocenters. The summed E-state index contributed by atoms with van der Waals surface area (Å²) in [5.41, 5.74) is 0. The predicted molar refractivity (Wildman–Crippen MR) is 66.8 cm³/mol. The van der Waals surface area contributed by atoms with Crippen molar-refractivity contribution in [3.63, 3.8) is 0 Å². The molecule has 1 aromatic rings. The van der Waals surface area contributed by atoms with Crippen LogP contribution in [0.15, 0.2) is 0 Å². The molecule has 0 aromatic carbocycles. The summed E-state index contributed by atoms with van der Waals surface area (Å²) in [5, 5.41) is 33.6. The molecule has 1 rings (SSSR count). The Morgan fingerprint density at radius 1 is 0.737 bits per heavy atom. The Morgan fingerprint density at radius 3 is 1.63 bits per heavy atom. The molecule has 0 spiro atoms. The van der Waals surface area contributed by atoms with Crippen LogP contribution < -0.4 is 16.0 Å². The van der Waals surface area contributed by atoms with Crippen molar-refractivity contribution >= 4 is 17.8 Å². The Hall–Kier alpha value is -3.12. The lowest BCUT2D eigenvalue weighted by Crippen LogP contribution is -2.13. The van der Waals surface area contributed by atoms with Gasteiger partial charge in [0.05, 0.1) is 24.6 Å². The number of hydrogen-bond donors (Lipinski definition) is 3. The van der Waals surface area contributed by atoms with Gasteiger partial charge in [-0.2, -0.15) is 30.7 Å². The van der Waals surface area contributed by atoms with E-state index < -0.39 is 0 Å². The molecule has 9 heteroatoms. The first kappa shape index (κ1) is 13.9. The molecule has 0 fully saturated rings. The lowest BCUT2D eigenvalue weighted by Gasteiger charge is -2.08. The third-order valence-electron chi connectivity index (χ3n) is 1.81. The van der Waals surface area contributed by atoms with E-state index in [1.54, 1.807) is 0 Å². The van der Waals surface area contributed by atoms with Crippen molar-refractivity contribution in [2.45, 2.75) is 6.42 Å². The van der Waals surface area contributed by atoms with E-state index in [9.17, 15) is 0 Å². The average molecular weight is 257 g/mol. The number of anilines is 3. The maximum absolute atomic E-state index is 8.49. The fourth-order valence-electron chi connectivity index (χ4n) is 1.08. The summed E-state index contributed by atoms with van der Waals surface area (Å²) in [5.74, 6) is 0.707. The summed E-state index contributed by atoms with van der Waals surface area (Å²) >= 11 is 0. The fourth-order valence-corrected chi connectivity index (χ4v) is 1.08. The molecule has 3 N–H and O–H groups in total. The van der Waals surface area contributed by atoms with Crippen LogP contribution in [-0.4, -0.2) is 34.6 Å². The van der Waals surface area contributed by atoms with Gasteiger partial charge in [0, 0.05) is 6.54 Å². The highest BCUT2D eigenvalue weighted by atomic mass is 15.3. The summed E-state index contributed by atoms with van der Waals surface area (Å²) in [7, 11) is 0. The number of nitrogens with zero attached hydrogens (tertiary/aromatic N) is 6. The van der Waals surface area contributed by atoms with Gasteiger partial charge in [-0.15, -0.1) is 0 Å². The molecule has 0 aliphatic rings. The molecule has 19 heavy (non-hydrogen) atoms. The predicted octanol–water partition coefficient (Wildman–Crippen LogP) is 0.0681. The summed E-state index contributed by atoms with van der Waals surface area (Å²) in [4.78, 5) is 12.0. The van der Waals surface area contributed by atoms with Crippen LogP contribution in [0.3, 0.4) is 0 Å². The SMILES string of the molecule is N#CCCNc1nc(NCC#N)nc(NCC#N)n1. The Balaban J connectivity index is 2.80. The molecule has 0 saturated carbocycles. The first-order valence-electron chi connectivity index (χ1n) is 5.38. The maximum Gasteiger partial charge on any atom is 0.230 e. The standard InChI is InChI=1S/C10H11N9/c11-2-1-5-14-8-17-9(15-6-3-12)19-10(18-8)16-7-4-13/h1,5-7H2,(H3,14,15,16,17,18,19). The van der Waals surface area contributed by atoms with Gasteiger partial charge in [0.25, 0.3) is 0 Å². The molecule has 0 aliphatic carbocycles. The van der Waals surface area contributed by atoms with Crippen molar-refractivity contribution in [3.8, 4) is 18.2 Å². The van der Waals surface area contributed by atoms with E-state index in [4.69, 9.17) is 15.8 Å². The van der Waals surface area contributed by atoms with Crippen molar-refractivity contribution in [2.24, 2.45) is 0 Å². The van der Waals surface area contributed by atoms with Gasteiger partial charge in [-0.3, -0.25) is 0 Å². The fraction of sp³-hybridized carbons (Fsp3) is 0.400. The van der Waals surface area contributed by atoms with Crippen molar-refractivity contribution < 1.29 is 0 Å². The average Bonchev–Trinajstić information content (AvgIpc) is 2.43. The van der Waals surface area contributed by atoms with E-state index in [1.807, 2.05) is 18.2 Å². The molecule has 0 radical (unpaired) electrons. The van der Waals surface area contributed by atoms with E-state index in [-0.39, 0.29) is 30.9 Å². The Bertz CT molecular complexity index is 497. The molecule has 9 nitrogen and oxygen atoms in total. The number of nitrogens with one attached hydrogen (secondary N) is 3. The lowest BCUT2D eigenvalue weighted by molar-refractivity contribution is 0.980. The van der Waals surface area contributed by atoms with E-state index in [0.29, 0.717) is 13.0 Å². The molecule has 0 aliphatic heterocycles. The maximum atomic E-state index is 8.49. The second kappa shape index (κ2) is 8.04. The van der Waals surface area contributed by atoms with Gasteiger partial charge in [-0.25, -0.2) is 0 Å². The molecular weight excluding hydrogens is 246 g/mol. The van der Waals surface area contributed by atoms with Crippen molar-refractivity contribution in [1.29, 1.82) is 15.8 Å². The highest BCUT2D eigenvalue weighted by molar-refractivity contribution is 5.42. The van der Waals surface area contributed by atoms with Gasteiger partial charge in [0.2, 0.25) is 17.8 Å². The molecule has 0 bridgehead atoms. The highest BCUT2D eigenvalue weighted by Gasteiger charge is 2.05. The number of rotatable bonds is 7. The minimum atomic E-state index is 0.0549. The van der Waals surface area contributed by atoms with Crippen LogP contribution in [0, 0.1) is 34.0 Å². The quantitative estimate of drug-likeness (QED) is 0.455. The first-order chi connectivity index (χ1) is 9.30. The van der Waals surface area contributed by atoms with E-state index >= 15 is 0 Å². The molecule has 1 aromatic heterocycles. The van der Waals surface area contributed by atoms with E-state index in [1.165, 1.54) is 0 Å². The molecule has 0 saturated heterocycles. The normalized spacial score (nSPS) is 8.68. The van der Waals surface area contributed by atoms with Crippen LogP contribution in [0.25, 0.3) is 0 Å². The van der Waals surface area contributed by atoms with Gasteiger partial charge in [0.15, 0.2) is 0 Å². The van der Waals surface area contributed by atoms with Crippen molar-refractivity contribution in [3.05, 3.63) is 0 Å². The minimum absolute atomic E-state index is 0.0549. The highest BCUT2D eigenvalue weighted by Crippen LogP contribution is 2.08. The summed E-state index contributed by atoms with van der Waals surface area (Å²) in [6, 6.07) is 5.79. The Labute approximate surface area is 109 Å². The zero-order valence-electron chi connectivity index (χ0n) is 10.0. The molecule has 0 amide bonds. The zero-order chi connectivity index (χ0) is 13.9. The molecule has 96 valence electrons. The third-order valence-corrected chi connectivity index (χ3v) is 1.81. The smallest absolute Gasteiger partial charge is 0.230 e. The van der Waals surface area contributed by atoms with Crippen LogP contribution in [0.5, 0.6) is 0 Å². The number of aromatic nitrogens is 3. The van der Waals surface area contributed by atoms with Gasteiger partial charge in [0.1, 0.15) is 13.1 Å². The van der Waals surface area contributed by atoms with Crippen LogP contribution in [0.4, 0.5) is 17.8 Å². The van der Waals surface area contributed by atoms with Gasteiger partial charge in [-0.05, 0) is 0 Å². The van der Waals surface area contributed by atoms with Crippen LogP contribution in [0.1, 0.15) is 6.42 Å². The van der Waals surface area contributed by atoms with E-state index in [2.05, 4.69) is 30.9 Å². The summed E-state index contributed by atoms with van der Waals surface area (Å²) < 4.78 is 0. The third kappa shape index (κ3) is 5.16. The molecular formula is C10H11N9. The van der Waals surface area contributed by atoms with E-state index in [0.717, 1.165) is 0 Å². The largest absolute Gasteiger partial charge is 0.353 e. The lowest BCUT2D eigenvalue weighted by atomic mass is 10.5. The zero-order valence-corrected chi connectivity index (χ0v) is 10.0. The molecule has 1 heterocycles. The second-order valence-corrected chi connectivity index (χ2v) is 3.16. The van der Waals surface area contributed by atoms with Gasteiger partial charge < -0.3 is 16.0 Å². The van der Waals surface area contributed by atoms with Crippen LogP contribution in [0.2, 0.25) is 0 Å². The number of nitriles is 3. The Morgan fingerprint density at radius 2 is 1.21 bits per heavy atom. The van der Waals surface area contributed by atoms with Crippen molar-refractivity contribution in [1.82, 2.24) is 15.0 Å². The summed E-state index contributed by atoms with van der Waals surface area (Å²) in [6.45, 7) is 0.509. The monoisotopic (exact) mass is 257 g/mol. The van der Waals surface area contributed by atoms with Gasteiger partial charge >= 0.3 is 0 Å². The van der Waals surface area contributed by atoms with Crippen LogP contribution in [-0.2, 0) is 0 Å². The van der Waals surface area contributed by atoms with Gasteiger partial charge in [-0.1, -0.05) is 0 Å².